The number of aliphatic carboxylic acids is 1. The minimum atomic E-state index is -1.29. The van der Waals surface area contributed by atoms with Crippen molar-refractivity contribution in [2.75, 3.05) is 0 Å². The summed E-state index contributed by atoms with van der Waals surface area (Å²) in [5, 5.41) is 17.1. The summed E-state index contributed by atoms with van der Waals surface area (Å²) in [7, 11) is 0. The second-order valence-corrected chi connectivity index (χ2v) is 2.96. The fourth-order valence-corrected chi connectivity index (χ4v) is 1.05. The van der Waals surface area contributed by atoms with Crippen molar-refractivity contribution in [3.05, 3.63) is 41.0 Å². The van der Waals surface area contributed by atoms with Gasteiger partial charge in [-0.05, 0) is 23.8 Å². The second-order valence-electron chi connectivity index (χ2n) is 2.96. The number of nitrogens with two attached hydrogens (primary N) is 1. The van der Waals surface area contributed by atoms with Gasteiger partial charge in [0.1, 0.15) is 11.6 Å². The number of carbonyl (C=O) groups is 2. The lowest BCUT2D eigenvalue weighted by Crippen LogP contribution is -2.10. The number of nitrogens with zero attached hydrogens (tertiary/aromatic N) is 1. The highest BCUT2D eigenvalue weighted by Crippen LogP contribution is 2.08. The van der Waals surface area contributed by atoms with Gasteiger partial charge in [-0.2, -0.15) is 5.26 Å². The van der Waals surface area contributed by atoms with Crippen molar-refractivity contribution in [1.82, 2.24) is 0 Å². The fraction of sp³-hybridized carbons (Fsp3) is 0. The Labute approximate surface area is 91.4 Å². The third-order valence-electron chi connectivity index (χ3n) is 1.86. The summed E-state index contributed by atoms with van der Waals surface area (Å²) in [6.07, 6.45) is 1.22. The Morgan fingerprint density at radius 3 is 2.25 bits per heavy atom. The SMILES string of the molecule is N#C/C(=C\c1ccc(C(N)=O)cc1)C(=O)O. The highest BCUT2D eigenvalue weighted by molar-refractivity contribution is 5.97. The van der Waals surface area contributed by atoms with Crippen LogP contribution in [0.25, 0.3) is 6.08 Å². The Balaban J connectivity index is 3.04. The number of hydrogen-bond donors (Lipinski definition) is 2. The average Bonchev–Trinajstić information content (AvgIpc) is 2.26. The van der Waals surface area contributed by atoms with Gasteiger partial charge in [0.15, 0.2) is 0 Å². The number of hydrogen-bond acceptors (Lipinski definition) is 3. The highest BCUT2D eigenvalue weighted by atomic mass is 16.4. The molecule has 0 saturated heterocycles. The number of primary amides is 1. The zero-order valence-corrected chi connectivity index (χ0v) is 8.18. The summed E-state index contributed by atoms with van der Waals surface area (Å²) < 4.78 is 0. The quantitative estimate of drug-likeness (QED) is 0.575. The van der Waals surface area contributed by atoms with Gasteiger partial charge >= 0.3 is 5.97 Å². The predicted octanol–water partition coefficient (Wildman–Crippen LogP) is 0.777. The van der Waals surface area contributed by atoms with Crippen LogP contribution in [0.3, 0.4) is 0 Å². The number of amides is 1. The molecule has 3 N–H and O–H groups in total. The molecule has 5 heteroatoms. The van der Waals surface area contributed by atoms with Crippen molar-refractivity contribution in [3.8, 4) is 6.07 Å². The maximum Gasteiger partial charge on any atom is 0.346 e. The van der Waals surface area contributed by atoms with Crippen molar-refractivity contribution >= 4 is 18.0 Å². The molecule has 80 valence electrons. The van der Waals surface area contributed by atoms with Crippen molar-refractivity contribution in [3.63, 3.8) is 0 Å². The molecule has 0 heterocycles. The van der Waals surface area contributed by atoms with E-state index in [2.05, 4.69) is 0 Å². The van der Waals surface area contributed by atoms with Crippen LogP contribution in [0.5, 0.6) is 0 Å². The van der Waals surface area contributed by atoms with E-state index in [-0.39, 0.29) is 5.57 Å². The maximum atomic E-state index is 10.8. The average molecular weight is 216 g/mol. The standard InChI is InChI=1S/C11H8N2O3/c12-6-9(11(15)16)5-7-1-3-8(4-2-7)10(13)14/h1-5H,(H2,13,14)(H,15,16)/b9-5+. The summed E-state index contributed by atoms with van der Waals surface area (Å²) >= 11 is 0. The predicted molar refractivity (Wildman–Crippen MR) is 56.2 cm³/mol. The van der Waals surface area contributed by atoms with Gasteiger partial charge < -0.3 is 10.8 Å². The molecule has 0 aromatic heterocycles. The summed E-state index contributed by atoms with van der Waals surface area (Å²) in [5.41, 5.74) is 5.51. The van der Waals surface area contributed by atoms with Crippen LogP contribution in [0.1, 0.15) is 15.9 Å². The summed E-state index contributed by atoms with van der Waals surface area (Å²) in [6, 6.07) is 7.51. The topological polar surface area (TPSA) is 104 Å². The van der Waals surface area contributed by atoms with Crippen LogP contribution in [-0.4, -0.2) is 17.0 Å². The van der Waals surface area contributed by atoms with Crippen LogP contribution in [0.2, 0.25) is 0 Å². The summed E-state index contributed by atoms with van der Waals surface area (Å²) in [4.78, 5) is 21.3. The lowest BCUT2D eigenvalue weighted by molar-refractivity contribution is -0.132. The third kappa shape index (κ3) is 2.69. The van der Waals surface area contributed by atoms with Crippen LogP contribution in [0, 0.1) is 11.3 Å². The van der Waals surface area contributed by atoms with Crippen LogP contribution >= 0.6 is 0 Å². The number of carboxylic acids is 1. The molecule has 1 amide bonds. The highest BCUT2D eigenvalue weighted by Gasteiger charge is 2.05. The molecule has 1 rings (SSSR count). The van der Waals surface area contributed by atoms with E-state index in [1.54, 1.807) is 6.07 Å². The second kappa shape index (κ2) is 4.75. The van der Waals surface area contributed by atoms with Gasteiger partial charge in [-0.15, -0.1) is 0 Å². The van der Waals surface area contributed by atoms with Crippen molar-refractivity contribution in [2.45, 2.75) is 0 Å². The third-order valence-corrected chi connectivity index (χ3v) is 1.86. The normalized spacial score (nSPS) is 10.6. The van der Waals surface area contributed by atoms with E-state index in [0.29, 0.717) is 11.1 Å². The fourth-order valence-electron chi connectivity index (χ4n) is 1.05. The van der Waals surface area contributed by atoms with E-state index in [1.165, 1.54) is 30.3 Å². The number of rotatable bonds is 3. The van der Waals surface area contributed by atoms with Crippen LogP contribution in [-0.2, 0) is 4.79 Å². The Hall–Kier alpha value is -2.61. The molecule has 16 heavy (non-hydrogen) atoms. The molecule has 0 aliphatic heterocycles. The monoisotopic (exact) mass is 216 g/mol. The number of nitriles is 1. The summed E-state index contributed by atoms with van der Waals surface area (Å²) in [5.74, 6) is -1.85. The van der Waals surface area contributed by atoms with E-state index in [1.807, 2.05) is 0 Å². The van der Waals surface area contributed by atoms with Crippen LogP contribution in [0.4, 0.5) is 0 Å². The van der Waals surface area contributed by atoms with E-state index in [0.717, 1.165) is 0 Å². The zero-order chi connectivity index (χ0) is 12.1. The van der Waals surface area contributed by atoms with Crippen molar-refractivity contribution < 1.29 is 14.7 Å². The Kier molecular flexibility index (Phi) is 3.41. The molecule has 0 atom stereocenters. The molecule has 0 unspecified atom stereocenters. The Bertz CT molecular complexity index is 495. The zero-order valence-electron chi connectivity index (χ0n) is 8.18. The maximum absolute atomic E-state index is 10.8. The molecule has 1 aromatic carbocycles. The van der Waals surface area contributed by atoms with Gasteiger partial charge in [0.2, 0.25) is 5.91 Å². The molecule has 0 fully saturated rings. The van der Waals surface area contributed by atoms with Gasteiger partial charge in [0, 0.05) is 5.56 Å². The van der Waals surface area contributed by atoms with Crippen LogP contribution in [0.15, 0.2) is 29.8 Å². The molecule has 0 aliphatic rings. The molecule has 0 aliphatic carbocycles. The molecule has 0 bridgehead atoms. The van der Waals surface area contributed by atoms with Crippen molar-refractivity contribution in [1.29, 1.82) is 5.26 Å². The lowest BCUT2D eigenvalue weighted by atomic mass is 10.1. The minimum Gasteiger partial charge on any atom is -0.477 e. The number of carboxylic acid groups (broad SMARTS) is 1. The molecule has 0 radical (unpaired) electrons. The lowest BCUT2D eigenvalue weighted by Gasteiger charge is -1.97. The first-order chi connectivity index (χ1) is 7.54. The smallest absolute Gasteiger partial charge is 0.346 e. The summed E-state index contributed by atoms with van der Waals surface area (Å²) in [6.45, 7) is 0. The first kappa shape index (κ1) is 11.5. The molecule has 5 nitrogen and oxygen atoms in total. The van der Waals surface area contributed by atoms with Gasteiger partial charge in [-0.1, -0.05) is 12.1 Å². The largest absolute Gasteiger partial charge is 0.477 e. The van der Waals surface area contributed by atoms with E-state index < -0.39 is 11.9 Å². The first-order valence-electron chi connectivity index (χ1n) is 4.29. The number of carbonyl (C=O) groups excluding carboxylic acids is 1. The van der Waals surface area contributed by atoms with Gasteiger partial charge in [-0.25, -0.2) is 4.79 Å². The molecule has 0 spiro atoms. The Morgan fingerprint density at radius 2 is 1.88 bits per heavy atom. The molecular weight excluding hydrogens is 208 g/mol. The van der Waals surface area contributed by atoms with Crippen LogP contribution < -0.4 is 5.73 Å². The van der Waals surface area contributed by atoms with E-state index in [9.17, 15) is 9.59 Å². The van der Waals surface area contributed by atoms with Crippen molar-refractivity contribution in [2.24, 2.45) is 5.73 Å². The van der Waals surface area contributed by atoms with Gasteiger partial charge in [0.05, 0.1) is 0 Å². The Morgan fingerprint density at radius 1 is 1.31 bits per heavy atom. The molecular formula is C11H8N2O3. The molecule has 1 aromatic rings. The van der Waals surface area contributed by atoms with Gasteiger partial charge in [-0.3, -0.25) is 4.79 Å². The minimum absolute atomic E-state index is 0.325. The first-order valence-corrected chi connectivity index (χ1v) is 4.29. The van der Waals surface area contributed by atoms with E-state index in [4.69, 9.17) is 16.1 Å². The van der Waals surface area contributed by atoms with E-state index >= 15 is 0 Å². The number of benzene rings is 1. The van der Waals surface area contributed by atoms with Gasteiger partial charge in [0.25, 0.3) is 0 Å². The molecule has 0 saturated carbocycles.